The van der Waals surface area contributed by atoms with Gasteiger partial charge < -0.3 is 14.7 Å². The summed E-state index contributed by atoms with van der Waals surface area (Å²) in [5.41, 5.74) is 2.41. The van der Waals surface area contributed by atoms with E-state index >= 15 is 0 Å². The van der Waals surface area contributed by atoms with Crippen molar-refractivity contribution in [1.82, 2.24) is 14.8 Å². The van der Waals surface area contributed by atoms with Crippen molar-refractivity contribution in [3.05, 3.63) is 59.9 Å². The van der Waals surface area contributed by atoms with E-state index in [4.69, 9.17) is 0 Å². The Morgan fingerprint density at radius 1 is 1.19 bits per heavy atom. The lowest BCUT2D eigenvalue weighted by molar-refractivity contribution is -0.117. The number of pyridine rings is 1. The van der Waals surface area contributed by atoms with E-state index in [9.17, 15) is 9.59 Å². The van der Waals surface area contributed by atoms with Crippen LogP contribution >= 0.6 is 0 Å². The first-order chi connectivity index (χ1) is 13.0. The number of likely N-dealkylation sites (N-methyl/N-ethyl adjacent to an activating group) is 1. The summed E-state index contributed by atoms with van der Waals surface area (Å²) in [6, 6.07) is 11.2. The fourth-order valence-corrected chi connectivity index (χ4v) is 3.20. The number of rotatable bonds is 7. The SMILES string of the molecule is CN(C)CCN(Cc1cccnc1)C(=O)c1cccc(N2CCCC2=O)c1. The van der Waals surface area contributed by atoms with Crippen LogP contribution in [0.15, 0.2) is 48.8 Å². The highest BCUT2D eigenvalue weighted by Gasteiger charge is 2.23. The zero-order valence-electron chi connectivity index (χ0n) is 16.0. The monoisotopic (exact) mass is 366 g/mol. The quantitative estimate of drug-likeness (QED) is 0.755. The van der Waals surface area contributed by atoms with Crippen molar-refractivity contribution in [2.45, 2.75) is 19.4 Å². The minimum absolute atomic E-state index is 0.0331. The second-order valence-corrected chi connectivity index (χ2v) is 7.09. The van der Waals surface area contributed by atoms with Crippen molar-refractivity contribution in [3.63, 3.8) is 0 Å². The van der Waals surface area contributed by atoms with Gasteiger partial charge in [-0.05, 0) is 50.3 Å². The summed E-state index contributed by atoms with van der Waals surface area (Å²) in [6.45, 7) is 2.62. The standard InChI is InChI=1S/C21H26N4O2/c1-23(2)12-13-24(16-17-6-4-10-22-15-17)21(27)18-7-3-8-19(14-18)25-11-5-9-20(25)26/h3-4,6-8,10,14-15H,5,9,11-13,16H2,1-2H3. The molecule has 1 aliphatic heterocycles. The molecule has 0 N–H and O–H groups in total. The van der Waals surface area contributed by atoms with Crippen LogP contribution in [0.1, 0.15) is 28.8 Å². The zero-order valence-corrected chi connectivity index (χ0v) is 16.0. The average Bonchev–Trinajstić information content (AvgIpc) is 3.11. The summed E-state index contributed by atoms with van der Waals surface area (Å²) >= 11 is 0. The largest absolute Gasteiger partial charge is 0.333 e. The first-order valence-corrected chi connectivity index (χ1v) is 9.28. The molecule has 0 atom stereocenters. The van der Waals surface area contributed by atoms with E-state index in [2.05, 4.69) is 9.88 Å². The molecule has 1 aliphatic rings. The van der Waals surface area contributed by atoms with Gasteiger partial charge in [0, 0.05) is 56.2 Å². The van der Waals surface area contributed by atoms with Gasteiger partial charge in [-0.3, -0.25) is 14.6 Å². The maximum atomic E-state index is 13.2. The van der Waals surface area contributed by atoms with Crippen LogP contribution in [0.4, 0.5) is 5.69 Å². The van der Waals surface area contributed by atoms with Crippen molar-refractivity contribution in [3.8, 4) is 0 Å². The molecule has 27 heavy (non-hydrogen) atoms. The Hall–Kier alpha value is -2.73. The number of aromatic nitrogens is 1. The highest BCUT2D eigenvalue weighted by molar-refractivity contribution is 5.99. The highest BCUT2D eigenvalue weighted by atomic mass is 16.2. The molecular formula is C21H26N4O2. The molecule has 1 fully saturated rings. The van der Waals surface area contributed by atoms with Crippen LogP contribution in [0.2, 0.25) is 0 Å². The molecule has 6 nitrogen and oxygen atoms in total. The van der Waals surface area contributed by atoms with E-state index < -0.39 is 0 Å². The number of nitrogens with zero attached hydrogens (tertiary/aromatic N) is 4. The fourth-order valence-electron chi connectivity index (χ4n) is 3.20. The second-order valence-electron chi connectivity index (χ2n) is 7.09. The summed E-state index contributed by atoms with van der Waals surface area (Å²) in [6.07, 6.45) is 4.96. The molecule has 1 aromatic heterocycles. The van der Waals surface area contributed by atoms with Crippen LogP contribution in [0.5, 0.6) is 0 Å². The Kier molecular flexibility index (Phi) is 6.19. The van der Waals surface area contributed by atoms with Crippen LogP contribution in [0.3, 0.4) is 0 Å². The minimum Gasteiger partial charge on any atom is -0.333 e. The molecule has 2 aromatic rings. The molecule has 0 spiro atoms. The number of amides is 2. The van der Waals surface area contributed by atoms with E-state index in [1.54, 1.807) is 17.3 Å². The Balaban J connectivity index is 1.81. The lowest BCUT2D eigenvalue weighted by atomic mass is 10.1. The Bertz CT molecular complexity index is 792. The van der Waals surface area contributed by atoms with E-state index in [0.717, 1.165) is 30.8 Å². The van der Waals surface area contributed by atoms with Gasteiger partial charge in [0.05, 0.1) is 0 Å². The minimum atomic E-state index is -0.0331. The van der Waals surface area contributed by atoms with Gasteiger partial charge in [-0.1, -0.05) is 12.1 Å². The van der Waals surface area contributed by atoms with Crippen molar-refractivity contribution in [1.29, 1.82) is 0 Å². The number of hydrogen-bond donors (Lipinski definition) is 0. The number of hydrogen-bond acceptors (Lipinski definition) is 4. The summed E-state index contributed by atoms with van der Waals surface area (Å²) in [5, 5.41) is 0. The molecule has 0 saturated carbocycles. The lowest BCUT2D eigenvalue weighted by Crippen LogP contribution is -2.36. The van der Waals surface area contributed by atoms with Gasteiger partial charge in [0.15, 0.2) is 0 Å². The summed E-state index contributed by atoms with van der Waals surface area (Å²) in [4.78, 5) is 35.0. The van der Waals surface area contributed by atoms with Gasteiger partial charge >= 0.3 is 0 Å². The maximum absolute atomic E-state index is 13.2. The van der Waals surface area contributed by atoms with Gasteiger partial charge in [-0.15, -0.1) is 0 Å². The third-order valence-corrected chi connectivity index (χ3v) is 4.68. The van der Waals surface area contributed by atoms with Crippen molar-refractivity contribution in [2.24, 2.45) is 0 Å². The van der Waals surface area contributed by atoms with Crippen molar-refractivity contribution < 1.29 is 9.59 Å². The van der Waals surface area contributed by atoms with Gasteiger partial charge in [-0.2, -0.15) is 0 Å². The molecular weight excluding hydrogens is 340 g/mol. The number of benzene rings is 1. The smallest absolute Gasteiger partial charge is 0.254 e. The van der Waals surface area contributed by atoms with Gasteiger partial charge in [0.2, 0.25) is 5.91 Å². The van der Waals surface area contributed by atoms with Gasteiger partial charge in [-0.25, -0.2) is 0 Å². The van der Waals surface area contributed by atoms with Crippen LogP contribution in [0.25, 0.3) is 0 Å². The molecule has 1 saturated heterocycles. The van der Waals surface area contributed by atoms with Crippen LogP contribution in [-0.2, 0) is 11.3 Å². The topological polar surface area (TPSA) is 56.8 Å². The maximum Gasteiger partial charge on any atom is 0.254 e. The predicted octanol–water partition coefficient (Wildman–Crippen LogP) is 2.41. The number of carbonyl (C=O) groups is 2. The molecule has 0 bridgehead atoms. The summed E-state index contributed by atoms with van der Waals surface area (Å²) in [5.74, 6) is 0.0913. The average molecular weight is 366 g/mol. The molecule has 3 rings (SSSR count). The molecule has 2 heterocycles. The van der Waals surface area contributed by atoms with E-state index in [-0.39, 0.29) is 11.8 Å². The van der Waals surface area contributed by atoms with Gasteiger partial charge in [0.25, 0.3) is 5.91 Å². The van der Waals surface area contributed by atoms with Crippen LogP contribution in [0, 0.1) is 0 Å². The third kappa shape index (κ3) is 4.92. The second kappa shape index (κ2) is 8.77. The van der Waals surface area contributed by atoms with Crippen molar-refractivity contribution in [2.75, 3.05) is 38.6 Å². The fraction of sp³-hybridized carbons (Fsp3) is 0.381. The predicted molar refractivity (Wildman–Crippen MR) is 106 cm³/mol. The molecule has 0 radical (unpaired) electrons. The number of anilines is 1. The molecule has 142 valence electrons. The lowest BCUT2D eigenvalue weighted by Gasteiger charge is -2.25. The van der Waals surface area contributed by atoms with Crippen LogP contribution in [-0.4, -0.2) is 60.3 Å². The molecule has 0 aliphatic carbocycles. The number of carbonyl (C=O) groups excluding carboxylic acids is 2. The van der Waals surface area contributed by atoms with Crippen LogP contribution < -0.4 is 4.90 Å². The summed E-state index contributed by atoms with van der Waals surface area (Å²) in [7, 11) is 3.98. The Labute approximate surface area is 160 Å². The van der Waals surface area contributed by atoms with E-state index in [0.29, 0.717) is 25.1 Å². The first kappa shape index (κ1) is 19.0. The molecule has 1 aromatic carbocycles. The first-order valence-electron chi connectivity index (χ1n) is 9.28. The van der Waals surface area contributed by atoms with Crippen molar-refractivity contribution >= 4 is 17.5 Å². The third-order valence-electron chi connectivity index (χ3n) is 4.68. The Morgan fingerprint density at radius 3 is 2.70 bits per heavy atom. The molecule has 6 heteroatoms. The van der Waals surface area contributed by atoms with E-state index in [1.807, 2.05) is 55.4 Å². The summed E-state index contributed by atoms with van der Waals surface area (Å²) < 4.78 is 0. The highest BCUT2D eigenvalue weighted by Crippen LogP contribution is 2.23. The molecule has 2 amide bonds. The molecule has 0 unspecified atom stereocenters. The van der Waals surface area contributed by atoms with E-state index in [1.165, 1.54) is 0 Å². The zero-order chi connectivity index (χ0) is 19.2. The normalized spacial score (nSPS) is 14.0. The Morgan fingerprint density at radius 2 is 2.04 bits per heavy atom. The van der Waals surface area contributed by atoms with Gasteiger partial charge in [0.1, 0.15) is 0 Å².